The molecule has 1 aliphatic carbocycles. The van der Waals surface area contributed by atoms with E-state index in [4.69, 9.17) is 4.98 Å². The van der Waals surface area contributed by atoms with Crippen LogP contribution in [-0.2, 0) is 12.8 Å². The second kappa shape index (κ2) is 8.19. The zero-order valence-electron chi connectivity index (χ0n) is 18.1. The van der Waals surface area contributed by atoms with Crippen molar-refractivity contribution in [3.8, 4) is 11.3 Å². The fraction of sp³-hybridized carbons (Fsp3) is 0.308. The Kier molecular flexibility index (Phi) is 4.90. The van der Waals surface area contributed by atoms with Crippen molar-refractivity contribution < 1.29 is 0 Å². The highest BCUT2D eigenvalue weighted by Crippen LogP contribution is 2.27. The van der Waals surface area contributed by atoms with Gasteiger partial charge in [0.2, 0.25) is 0 Å². The van der Waals surface area contributed by atoms with Crippen LogP contribution in [0.15, 0.2) is 60.8 Å². The molecule has 32 heavy (non-hydrogen) atoms. The van der Waals surface area contributed by atoms with Gasteiger partial charge in [-0.25, -0.2) is 4.98 Å². The number of benzene rings is 2. The molecule has 0 radical (unpaired) electrons. The minimum Gasteiger partial charge on any atom is -0.352 e. The molecule has 0 unspecified atom stereocenters. The molecule has 0 saturated carbocycles. The molecular formula is C26H26N6. The summed E-state index contributed by atoms with van der Waals surface area (Å²) < 4.78 is 0. The second-order valence-electron chi connectivity index (χ2n) is 8.66. The second-order valence-corrected chi connectivity index (χ2v) is 8.66. The lowest BCUT2D eigenvalue weighted by molar-refractivity contribution is 0.638. The summed E-state index contributed by atoms with van der Waals surface area (Å²) in [6.45, 7) is 3.56. The lowest BCUT2D eigenvalue weighted by atomic mass is 9.90. The molecule has 0 bridgehead atoms. The van der Waals surface area contributed by atoms with E-state index in [-0.39, 0.29) is 0 Å². The third-order valence-corrected chi connectivity index (χ3v) is 6.66. The van der Waals surface area contributed by atoms with Gasteiger partial charge in [0.05, 0.1) is 22.9 Å². The maximum absolute atomic E-state index is 4.79. The van der Waals surface area contributed by atoms with Gasteiger partial charge in [0, 0.05) is 31.7 Å². The lowest BCUT2D eigenvalue weighted by Crippen LogP contribution is -2.47. The van der Waals surface area contributed by atoms with Gasteiger partial charge in [-0.3, -0.25) is 4.98 Å². The van der Waals surface area contributed by atoms with E-state index in [1.807, 2.05) is 30.5 Å². The SMILES string of the molecule is c1ccc2nc(N3CCN(c4ccc(-c5ccc6c(c5)CCCC6)nn4)CC3)cnc2c1. The molecule has 0 amide bonds. The maximum Gasteiger partial charge on any atom is 0.151 e. The van der Waals surface area contributed by atoms with Crippen LogP contribution in [0.1, 0.15) is 24.0 Å². The summed E-state index contributed by atoms with van der Waals surface area (Å²) >= 11 is 0. The van der Waals surface area contributed by atoms with Crippen LogP contribution in [0.25, 0.3) is 22.3 Å². The number of aryl methyl sites for hydroxylation is 2. The monoisotopic (exact) mass is 422 g/mol. The first kappa shape index (κ1) is 19.2. The predicted octanol–water partition coefficient (Wildman–Crippen LogP) is 4.29. The molecule has 0 spiro atoms. The van der Waals surface area contributed by atoms with Crippen LogP contribution >= 0.6 is 0 Å². The molecule has 160 valence electrons. The maximum atomic E-state index is 4.79. The fourth-order valence-corrected chi connectivity index (χ4v) is 4.81. The van der Waals surface area contributed by atoms with Crippen molar-refractivity contribution in [2.24, 2.45) is 0 Å². The number of rotatable bonds is 3. The van der Waals surface area contributed by atoms with Crippen LogP contribution in [0.3, 0.4) is 0 Å². The van der Waals surface area contributed by atoms with Crippen LogP contribution in [0.5, 0.6) is 0 Å². The van der Waals surface area contributed by atoms with Crippen LogP contribution in [-0.4, -0.2) is 46.3 Å². The standard InChI is InChI=1S/C26H26N6/c1-2-6-20-17-21(10-9-19(20)5-1)22-11-12-25(30-29-22)31-13-15-32(16-14-31)26-18-27-23-7-3-4-8-24(23)28-26/h3-4,7-12,17-18H,1-2,5-6,13-16H2. The Balaban J connectivity index is 1.14. The molecule has 2 aliphatic rings. The molecule has 2 aromatic heterocycles. The Morgan fingerprint density at radius 3 is 2.19 bits per heavy atom. The van der Waals surface area contributed by atoms with Gasteiger partial charge in [0.25, 0.3) is 0 Å². The van der Waals surface area contributed by atoms with Crippen LogP contribution < -0.4 is 9.80 Å². The Hall–Kier alpha value is -3.54. The van der Waals surface area contributed by atoms with E-state index in [0.717, 1.165) is 54.5 Å². The van der Waals surface area contributed by atoms with Gasteiger partial charge in [-0.1, -0.05) is 24.3 Å². The molecule has 1 saturated heterocycles. The molecule has 6 heteroatoms. The largest absolute Gasteiger partial charge is 0.352 e. The van der Waals surface area contributed by atoms with E-state index < -0.39 is 0 Å². The molecule has 0 atom stereocenters. The number of hydrogen-bond donors (Lipinski definition) is 0. The number of nitrogens with zero attached hydrogens (tertiary/aromatic N) is 6. The zero-order valence-corrected chi connectivity index (χ0v) is 18.1. The average Bonchev–Trinajstić information content (AvgIpc) is 2.88. The lowest BCUT2D eigenvalue weighted by Gasteiger charge is -2.35. The first-order valence-corrected chi connectivity index (χ1v) is 11.5. The smallest absolute Gasteiger partial charge is 0.151 e. The normalized spacial score (nSPS) is 16.2. The molecule has 2 aromatic carbocycles. The highest BCUT2D eigenvalue weighted by Gasteiger charge is 2.20. The molecule has 6 rings (SSSR count). The summed E-state index contributed by atoms with van der Waals surface area (Å²) in [5.41, 5.74) is 6.97. The Morgan fingerprint density at radius 2 is 1.41 bits per heavy atom. The number of para-hydroxylation sites is 2. The summed E-state index contributed by atoms with van der Waals surface area (Å²) in [5.74, 6) is 1.88. The quantitative estimate of drug-likeness (QED) is 0.491. The zero-order chi connectivity index (χ0) is 21.3. The van der Waals surface area contributed by atoms with Crippen LogP contribution in [0, 0.1) is 0 Å². The summed E-state index contributed by atoms with van der Waals surface area (Å²) in [6.07, 6.45) is 6.86. The van der Waals surface area contributed by atoms with Gasteiger partial charge in [-0.2, -0.15) is 0 Å². The summed E-state index contributed by atoms with van der Waals surface area (Å²) in [5, 5.41) is 9.12. The van der Waals surface area contributed by atoms with Crippen molar-refractivity contribution in [1.82, 2.24) is 20.2 Å². The third kappa shape index (κ3) is 3.66. The minimum absolute atomic E-state index is 0.890. The molecule has 1 fully saturated rings. The summed E-state index contributed by atoms with van der Waals surface area (Å²) in [7, 11) is 0. The Labute approximate surface area is 188 Å². The van der Waals surface area contributed by atoms with E-state index in [9.17, 15) is 0 Å². The molecule has 3 heterocycles. The van der Waals surface area contributed by atoms with E-state index >= 15 is 0 Å². The van der Waals surface area contributed by atoms with Gasteiger partial charge in [-0.05, 0) is 67.1 Å². The van der Waals surface area contributed by atoms with Crippen molar-refractivity contribution in [3.05, 3.63) is 71.9 Å². The van der Waals surface area contributed by atoms with Gasteiger partial charge in [0.1, 0.15) is 5.82 Å². The van der Waals surface area contributed by atoms with Crippen LogP contribution in [0.2, 0.25) is 0 Å². The first-order chi connectivity index (χ1) is 15.8. The first-order valence-electron chi connectivity index (χ1n) is 11.5. The van der Waals surface area contributed by atoms with Gasteiger partial charge < -0.3 is 9.80 Å². The highest BCUT2D eigenvalue weighted by atomic mass is 15.3. The van der Waals surface area contributed by atoms with Crippen molar-refractivity contribution in [1.29, 1.82) is 0 Å². The summed E-state index contributed by atoms with van der Waals surface area (Å²) in [4.78, 5) is 13.9. The number of aromatic nitrogens is 4. The Bertz CT molecular complexity index is 1240. The third-order valence-electron chi connectivity index (χ3n) is 6.66. The molecule has 0 N–H and O–H groups in total. The van der Waals surface area contributed by atoms with Crippen molar-refractivity contribution >= 4 is 22.7 Å². The topological polar surface area (TPSA) is 58.0 Å². The van der Waals surface area contributed by atoms with E-state index in [2.05, 4.69) is 55.3 Å². The average molecular weight is 423 g/mol. The molecule has 1 aliphatic heterocycles. The molecule has 6 nitrogen and oxygen atoms in total. The van der Waals surface area contributed by atoms with Crippen molar-refractivity contribution in [2.75, 3.05) is 36.0 Å². The highest BCUT2D eigenvalue weighted by molar-refractivity contribution is 5.75. The Morgan fingerprint density at radius 1 is 0.656 bits per heavy atom. The van der Waals surface area contributed by atoms with Gasteiger partial charge >= 0.3 is 0 Å². The van der Waals surface area contributed by atoms with Crippen molar-refractivity contribution in [3.63, 3.8) is 0 Å². The fourth-order valence-electron chi connectivity index (χ4n) is 4.81. The number of piperazine rings is 1. The van der Waals surface area contributed by atoms with Crippen molar-refractivity contribution in [2.45, 2.75) is 25.7 Å². The number of anilines is 2. The van der Waals surface area contributed by atoms with Crippen LogP contribution in [0.4, 0.5) is 11.6 Å². The van der Waals surface area contributed by atoms with E-state index in [1.54, 1.807) is 0 Å². The van der Waals surface area contributed by atoms with E-state index in [0.29, 0.717) is 0 Å². The number of hydrogen-bond acceptors (Lipinski definition) is 6. The summed E-state index contributed by atoms with van der Waals surface area (Å²) in [6, 6.07) is 19.0. The molecule has 4 aromatic rings. The van der Waals surface area contributed by atoms with E-state index in [1.165, 1.54) is 42.4 Å². The predicted molar refractivity (Wildman–Crippen MR) is 128 cm³/mol. The van der Waals surface area contributed by atoms with Gasteiger partial charge in [0.15, 0.2) is 5.82 Å². The molecular weight excluding hydrogens is 396 g/mol. The van der Waals surface area contributed by atoms with Gasteiger partial charge in [-0.15, -0.1) is 10.2 Å². The number of fused-ring (bicyclic) bond motifs is 2. The minimum atomic E-state index is 0.890.